The molecule has 0 N–H and O–H groups in total. The van der Waals surface area contributed by atoms with Crippen LogP contribution in [0.4, 0.5) is 0 Å². The van der Waals surface area contributed by atoms with E-state index < -0.39 is 0 Å². The molecule has 3 fully saturated rings. The summed E-state index contributed by atoms with van der Waals surface area (Å²) in [5.41, 5.74) is 0. The van der Waals surface area contributed by atoms with Crippen LogP contribution in [0.5, 0.6) is 0 Å². The zero-order valence-electron chi connectivity index (χ0n) is 21.5. The van der Waals surface area contributed by atoms with Crippen LogP contribution in [0, 0.1) is 11.8 Å². The van der Waals surface area contributed by atoms with Gasteiger partial charge in [-0.2, -0.15) is 0 Å². The molecule has 0 radical (unpaired) electrons. The molecule has 3 rings (SSSR count). The molecule has 31 heavy (non-hydrogen) atoms. The fourth-order valence-corrected chi connectivity index (χ4v) is 8.89. The second-order valence-electron chi connectivity index (χ2n) is 11.3. The Morgan fingerprint density at radius 3 is 1.87 bits per heavy atom. The van der Waals surface area contributed by atoms with E-state index in [0.29, 0.717) is 21.2 Å². The van der Waals surface area contributed by atoms with Gasteiger partial charge in [-0.1, -0.05) is 0 Å². The Bertz CT molecular complexity index is 490. The maximum absolute atomic E-state index is 2.82. The van der Waals surface area contributed by atoms with E-state index in [0.717, 1.165) is 33.9 Å². The second kappa shape index (κ2) is 12.9. The molecule has 2 unspecified atom stereocenters. The molecule has 4 nitrogen and oxygen atoms in total. The first-order valence-electron chi connectivity index (χ1n) is 13.4. The van der Waals surface area contributed by atoms with Crippen LogP contribution < -0.4 is 21.2 Å². The number of rotatable bonds is 9. The average Bonchev–Trinajstić information content (AvgIpc) is 2.78. The van der Waals surface area contributed by atoms with Crippen LogP contribution in [0.15, 0.2) is 0 Å². The monoisotopic (exact) mass is 547 g/mol. The number of halogens is 1. The molecule has 0 saturated carbocycles. The topological polar surface area (TPSA) is 13.0 Å². The summed E-state index contributed by atoms with van der Waals surface area (Å²) in [6, 6.07) is 2.36. The molecule has 3 aliphatic rings. The van der Waals surface area contributed by atoms with Gasteiger partial charge in [0, 0.05) is 0 Å². The Kier molecular flexibility index (Phi) is 10.9. The molecule has 0 amide bonds. The van der Waals surface area contributed by atoms with E-state index in [4.69, 9.17) is 0 Å². The molecule has 0 aromatic heterocycles. The van der Waals surface area contributed by atoms with Crippen molar-refractivity contribution in [3.63, 3.8) is 0 Å². The number of piperazine rings is 1. The first-order valence-corrected chi connectivity index (χ1v) is 16.1. The van der Waals surface area contributed by atoms with E-state index in [9.17, 15) is 0 Å². The summed E-state index contributed by atoms with van der Waals surface area (Å²) in [5.74, 6) is 1.85. The van der Waals surface area contributed by atoms with E-state index in [2.05, 4.69) is 61.1 Å². The molecule has 5 heteroatoms. The molecule has 3 aliphatic heterocycles. The van der Waals surface area contributed by atoms with Crippen LogP contribution in [-0.2, 0) is 0 Å². The molecule has 184 valence electrons. The minimum absolute atomic E-state index is 0.305. The van der Waals surface area contributed by atoms with Crippen molar-refractivity contribution in [2.24, 2.45) is 11.8 Å². The van der Waals surface area contributed by atoms with Crippen molar-refractivity contribution in [3.05, 3.63) is 0 Å². The first kappa shape index (κ1) is 26.2. The van der Waals surface area contributed by atoms with E-state index in [-0.39, 0.29) is 0 Å². The third-order valence-electron chi connectivity index (χ3n) is 8.38. The fraction of sp³-hybridized carbons (Fsp3) is 1.00. The van der Waals surface area contributed by atoms with Gasteiger partial charge < -0.3 is 0 Å². The first-order chi connectivity index (χ1) is 14.8. The predicted octanol–water partition coefficient (Wildman–Crippen LogP) is 0.711. The fourth-order valence-electron chi connectivity index (χ4n) is 5.90. The summed E-state index contributed by atoms with van der Waals surface area (Å²) >= 11 is 0.305. The Hall–Kier alpha value is 0.570. The van der Waals surface area contributed by atoms with Gasteiger partial charge in [-0.15, -0.1) is 0 Å². The molecule has 3 heterocycles. The average molecular weight is 548 g/mol. The van der Waals surface area contributed by atoms with Crippen molar-refractivity contribution >= 4 is 0 Å². The number of alkyl halides is 2. The molecule has 3 saturated heterocycles. The number of hydrogen-bond acceptors (Lipinski definition) is 4. The minimum atomic E-state index is 0.305. The van der Waals surface area contributed by atoms with Crippen LogP contribution >= 0.6 is 0 Å². The van der Waals surface area contributed by atoms with Gasteiger partial charge in [0.1, 0.15) is 0 Å². The van der Waals surface area contributed by atoms with Crippen molar-refractivity contribution < 1.29 is 21.2 Å². The maximum atomic E-state index is 2.82. The Morgan fingerprint density at radius 2 is 1.32 bits per heavy atom. The molecule has 0 bridgehead atoms. The zero-order chi connectivity index (χ0) is 22.4. The van der Waals surface area contributed by atoms with Gasteiger partial charge in [-0.3, -0.25) is 0 Å². The third-order valence-corrected chi connectivity index (χ3v) is 12.1. The molecule has 0 aromatic carbocycles. The summed E-state index contributed by atoms with van der Waals surface area (Å²) in [6.45, 7) is 26.4. The molecular weight excluding hydrogens is 495 g/mol. The standard InChI is InChI=1S/C26H52IN4/c1-21(2)25-7-11-28(12-8-25)20-23(5)27-19-24(6)30-15-17-31(18-16-30)26-9-13-29(14-10-26)22(3)4/h21-26H,7-20H2,1-6H3/q-1. The van der Waals surface area contributed by atoms with Crippen LogP contribution in [0.25, 0.3) is 0 Å². The van der Waals surface area contributed by atoms with Crippen molar-refractivity contribution in [2.45, 2.75) is 89.3 Å². The summed E-state index contributed by atoms with van der Waals surface area (Å²) in [6.07, 6.45) is 5.62. The van der Waals surface area contributed by atoms with Gasteiger partial charge in [0.25, 0.3) is 0 Å². The van der Waals surface area contributed by atoms with Crippen LogP contribution in [0.2, 0.25) is 0 Å². The van der Waals surface area contributed by atoms with Gasteiger partial charge in [0.15, 0.2) is 0 Å². The van der Waals surface area contributed by atoms with Crippen molar-refractivity contribution in [1.82, 2.24) is 19.6 Å². The van der Waals surface area contributed by atoms with Gasteiger partial charge in [0.2, 0.25) is 0 Å². The van der Waals surface area contributed by atoms with Crippen LogP contribution in [-0.4, -0.2) is 105 Å². The summed E-state index contributed by atoms with van der Waals surface area (Å²) in [4.78, 5) is 11.1. The number of nitrogens with zero attached hydrogens (tertiary/aromatic N) is 4. The van der Waals surface area contributed by atoms with Crippen LogP contribution in [0.1, 0.15) is 67.2 Å². The van der Waals surface area contributed by atoms with Crippen molar-refractivity contribution in [1.29, 1.82) is 0 Å². The SMILES string of the molecule is CC(CN1CCC(C(C)C)CC1)[I-]CC(C)N1CCN(C2CCN(C(C)C)CC2)CC1. The van der Waals surface area contributed by atoms with Gasteiger partial charge in [0.05, 0.1) is 0 Å². The Morgan fingerprint density at radius 1 is 0.710 bits per heavy atom. The van der Waals surface area contributed by atoms with Crippen LogP contribution in [0.3, 0.4) is 0 Å². The second-order valence-corrected chi connectivity index (χ2v) is 15.1. The number of likely N-dealkylation sites (tertiary alicyclic amines) is 2. The van der Waals surface area contributed by atoms with Gasteiger partial charge in [-0.05, 0) is 0 Å². The van der Waals surface area contributed by atoms with E-state index >= 15 is 0 Å². The molecule has 0 aromatic rings. The third kappa shape index (κ3) is 8.08. The summed E-state index contributed by atoms with van der Waals surface area (Å²) < 4.78 is 2.43. The molecule has 0 spiro atoms. The van der Waals surface area contributed by atoms with E-state index in [1.54, 1.807) is 0 Å². The van der Waals surface area contributed by atoms with Crippen molar-refractivity contribution in [3.8, 4) is 0 Å². The number of piperidine rings is 2. The van der Waals surface area contributed by atoms with Gasteiger partial charge >= 0.3 is 205 Å². The Balaban J connectivity index is 1.29. The summed E-state index contributed by atoms with van der Waals surface area (Å²) in [5, 5.41) is 0. The van der Waals surface area contributed by atoms with E-state index in [1.807, 2.05) is 0 Å². The summed E-state index contributed by atoms with van der Waals surface area (Å²) in [7, 11) is 0. The normalized spacial score (nSPS) is 26.8. The zero-order valence-corrected chi connectivity index (χ0v) is 23.7. The van der Waals surface area contributed by atoms with E-state index in [1.165, 1.54) is 89.0 Å². The molecule has 2 atom stereocenters. The van der Waals surface area contributed by atoms with Gasteiger partial charge in [-0.25, -0.2) is 0 Å². The Labute approximate surface area is 204 Å². The predicted molar refractivity (Wildman–Crippen MR) is 131 cm³/mol. The molecular formula is C26H52IN4-. The molecule has 0 aliphatic carbocycles. The quantitative estimate of drug-likeness (QED) is 0.312. The number of hydrogen-bond donors (Lipinski definition) is 0. The van der Waals surface area contributed by atoms with Crippen molar-refractivity contribution in [2.75, 3.05) is 63.3 Å².